The summed E-state index contributed by atoms with van der Waals surface area (Å²) < 4.78 is 6.72. The summed E-state index contributed by atoms with van der Waals surface area (Å²) in [6, 6.07) is 9.82. The molecule has 0 saturated carbocycles. The second-order valence-electron chi connectivity index (χ2n) is 4.61. The summed E-state index contributed by atoms with van der Waals surface area (Å²) in [4.78, 5) is 4.53. The van der Waals surface area contributed by atoms with E-state index in [9.17, 15) is 0 Å². The third-order valence-electron chi connectivity index (χ3n) is 3.32. The summed E-state index contributed by atoms with van der Waals surface area (Å²) in [5.41, 5.74) is 11.3. The zero-order chi connectivity index (χ0) is 13.6. The highest BCUT2D eigenvalue weighted by molar-refractivity contribution is 9.10. The van der Waals surface area contributed by atoms with Gasteiger partial charge in [0.2, 0.25) is 5.89 Å². The Morgan fingerprint density at radius 1 is 1.21 bits per heavy atom. The van der Waals surface area contributed by atoms with Crippen LogP contribution in [0.1, 0.15) is 11.1 Å². The van der Waals surface area contributed by atoms with Crippen molar-refractivity contribution in [3.63, 3.8) is 0 Å². The molecule has 4 heteroatoms. The van der Waals surface area contributed by atoms with E-state index in [-0.39, 0.29) is 0 Å². The smallest absolute Gasteiger partial charge is 0.227 e. The van der Waals surface area contributed by atoms with Gasteiger partial charge in [0.25, 0.3) is 0 Å². The summed E-state index contributed by atoms with van der Waals surface area (Å²) in [7, 11) is 0. The van der Waals surface area contributed by atoms with Gasteiger partial charge in [-0.1, -0.05) is 28.1 Å². The van der Waals surface area contributed by atoms with E-state index in [1.807, 2.05) is 24.3 Å². The lowest BCUT2D eigenvalue weighted by atomic mass is 10.0. The number of nitrogens with two attached hydrogens (primary N) is 1. The molecule has 0 aliphatic heterocycles. The highest BCUT2D eigenvalue weighted by Gasteiger charge is 2.13. The molecule has 19 heavy (non-hydrogen) atoms. The fourth-order valence-corrected chi connectivity index (χ4v) is 2.58. The predicted molar refractivity (Wildman–Crippen MR) is 81.0 cm³/mol. The van der Waals surface area contributed by atoms with E-state index in [4.69, 9.17) is 10.2 Å². The SMILES string of the molecule is Cc1cccc(-c2nc3cc(Br)cc(N)c3o2)c1C. The molecule has 0 saturated heterocycles. The zero-order valence-electron chi connectivity index (χ0n) is 10.7. The number of aryl methyl sites for hydroxylation is 1. The van der Waals surface area contributed by atoms with Gasteiger partial charge in [-0.2, -0.15) is 0 Å². The van der Waals surface area contributed by atoms with Crippen molar-refractivity contribution in [3.05, 3.63) is 45.9 Å². The number of benzene rings is 2. The standard InChI is InChI=1S/C15H13BrN2O/c1-8-4-3-5-11(9(8)2)15-18-13-7-10(16)6-12(17)14(13)19-15/h3-7H,17H2,1-2H3. The van der Waals surface area contributed by atoms with Gasteiger partial charge in [0.05, 0.1) is 5.69 Å². The van der Waals surface area contributed by atoms with Crippen LogP contribution in [0.3, 0.4) is 0 Å². The quantitative estimate of drug-likeness (QED) is 0.674. The monoisotopic (exact) mass is 316 g/mol. The minimum atomic E-state index is 0.591. The van der Waals surface area contributed by atoms with Crippen LogP contribution in [0.4, 0.5) is 5.69 Å². The van der Waals surface area contributed by atoms with Crippen molar-refractivity contribution in [1.82, 2.24) is 4.98 Å². The third kappa shape index (κ3) is 2.02. The largest absolute Gasteiger partial charge is 0.434 e. The van der Waals surface area contributed by atoms with Gasteiger partial charge in [0, 0.05) is 10.0 Å². The Hall–Kier alpha value is -1.81. The minimum absolute atomic E-state index is 0.591. The van der Waals surface area contributed by atoms with Crippen molar-refractivity contribution in [1.29, 1.82) is 0 Å². The lowest BCUT2D eigenvalue weighted by Gasteiger charge is -2.03. The predicted octanol–water partition coefficient (Wildman–Crippen LogP) is 4.46. The molecule has 0 fully saturated rings. The van der Waals surface area contributed by atoms with Gasteiger partial charge in [-0.05, 0) is 43.2 Å². The first kappa shape index (κ1) is 12.2. The number of oxazole rings is 1. The molecule has 3 aromatic rings. The number of anilines is 1. The molecule has 3 rings (SSSR count). The van der Waals surface area contributed by atoms with E-state index in [0.717, 1.165) is 15.6 Å². The highest BCUT2D eigenvalue weighted by Crippen LogP contribution is 2.32. The first-order valence-electron chi connectivity index (χ1n) is 5.98. The average molecular weight is 317 g/mol. The fourth-order valence-electron chi connectivity index (χ4n) is 2.12. The number of rotatable bonds is 1. The number of hydrogen-bond donors (Lipinski definition) is 1. The molecule has 1 aromatic heterocycles. The molecular weight excluding hydrogens is 304 g/mol. The van der Waals surface area contributed by atoms with Gasteiger partial charge in [-0.15, -0.1) is 0 Å². The molecule has 0 bridgehead atoms. The van der Waals surface area contributed by atoms with Crippen molar-refractivity contribution in [2.75, 3.05) is 5.73 Å². The molecule has 0 aliphatic carbocycles. The van der Waals surface area contributed by atoms with E-state index in [1.165, 1.54) is 11.1 Å². The first-order valence-corrected chi connectivity index (χ1v) is 6.77. The minimum Gasteiger partial charge on any atom is -0.434 e. The van der Waals surface area contributed by atoms with E-state index in [1.54, 1.807) is 0 Å². The topological polar surface area (TPSA) is 52.0 Å². The third-order valence-corrected chi connectivity index (χ3v) is 3.78. The molecule has 3 nitrogen and oxygen atoms in total. The molecular formula is C15H13BrN2O. The van der Waals surface area contributed by atoms with E-state index in [0.29, 0.717) is 17.2 Å². The number of hydrogen-bond acceptors (Lipinski definition) is 3. The normalized spacial score (nSPS) is 11.1. The zero-order valence-corrected chi connectivity index (χ0v) is 12.3. The number of aromatic nitrogens is 1. The van der Waals surface area contributed by atoms with Crippen LogP contribution in [0.25, 0.3) is 22.6 Å². The summed E-state index contributed by atoms with van der Waals surface area (Å²) in [6.45, 7) is 4.14. The second kappa shape index (κ2) is 4.38. The van der Waals surface area contributed by atoms with Crippen LogP contribution in [0.2, 0.25) is 0 Å². The number of halogens is 1. The molecule has 1 heterocycles. The van der Waals surface area contributed by atoms with Gasteiger partial charge < -0.3 is 10.2 Å². The lowest BCUT2D eigenvalue weighted by Crippen LogP contribution is -1.86. The Labute approximate surface area is 119 Å². The van der Waals surface area contributed by atoms with Crippen LogP contribution in [0, 0.1) is 13.8 Å². The molecule has 0 spiro atoms. The van der Waals surface area contributed by atoms with Crippen LogP contribution in [-0.2, 0) is 0 Å². The fraction of sp³-hybridized carbons (Fsp3) is 0.133. The van der Waals surface area contributed by atoms with Gasteiger partial charge in [0.1, 0.15) is 5.52 Å². The number of fused-ring (bicyclic) bond motifs is 1. The van der Waals surface area contributed by atoms with Crippen LogP contribution in [0.5, 0.6) is 0 Å². The van der Waals surface area contributed by atoms with Gasteiger partial charge in [0.15, 0.2) is 5.58 Å². The van der Waals surface area contributed by atoms with E-state index < -0.39 is 0 Å². The summed E-state index contributed by atoms with van der Waals surface area (Å²) in [5, 5.41) is 0. The molecule has 2 aromatic carbocycles. The maximum atomic E-state index is 5.95. The van der Waals surface area contributed by atoms with Crippen molar-refractivity contribution >= 4 is 32.7 Å². The van der Waals surface area contributed by atoms with Crippen molar-refractivity contribution < 1.29 is 4.42 Å². The van der Waals surface area contributed by atoms with Crippen molar-refractivity contribution in [3.8, 4) is 11.5 Å². The van der Waals surface area contributed by atoms with Crippen LogP contribution >= 0.6 is 15.9 Å². The molecule has 0 amide bonds. The Kier molecular flexibility index (Phi) is 2.82. The Morgan fingerprint density at radius 3 is 2.79 bits per heavy atom. The first-order chi connectivity index (χ1) is 9.06. The van der Waals surface area contributed by atoms with Gasteiger partial charge >= 0.3 is 0 Å². The van der Waals surface area contributed by atoms with Crippen LogP contribution < -0.4 is 5.73 Å². The lowest BCUT2D eigenvalue weighted by molar-refractivity contribution is 0.620. The molecule has 2 N–H and O–H groups in total. The van der Waals surface area contributed by atoms with E-state index in [2.05, 4.69) is 40.8 Å². The van der Waals surface area contributed by atoms with Crippen LogP contribution in [-0.4, -0.2) is 4.98 Å². The molecule has 0 radical (unpaired) electrons. The summed E-state index contributed by atoms with van der Waals surface area (Å²) in [6.07, 6.45) is 0. The molecule has 0 atom stereocenters. The van der Waals surface area contributed by atoms with Crippen LogP contribution in [0.15, 0.2) is 39.2 Å². The average Bonchev–Trinajstić information content (AvgIpc) is 2.76. The van der Waals surface area contributed by atoms with Gasteiger partial charge in [-0.25, -0.2) is 4.98 Å². The van der Waals surface area contributed by atoms with Crippen molar-refractivity contribution in [2.45, 2.75) is 13.8 Å². The molecule has 96 valence electrons. The molecule has 0 aliphatic rings. The maximum Gasteiger partial charge on any atom is 0.227 e. The number of nitrogens with zero attached hydrogens (tertiary/aromatic N) is 1. The molecule has 0 unspecified atom stereocenters. The second-order valence-corrected chi connectivity index (χ2v) is 5.53. The number of nitrogen functional groups attached to an aromatic ring is 1. The Morgan fingerprint density at radius 2 is 2.00 bits per heavy atom. The Bertz CT molecular complexity index is 777. The van der Waals surface area contributed by atoms with Crippen molar-refractivity contribution in [2.24, 2.45) is 0 Å². The maximum absolute atomic E-state index is 5.95. The summed E-state index contributed by atoms with van der Waals surface area (Å²) in [5.74, 6) is 0.612. The van der Waals surface area contributed by atoms with Gasteiger partial charge in [-0.3, -0.25) is 0 Å². The highest BCUT2D eigenvalue weighted by atomic mass is 79.9. The van der Waals surface area contributed by atoms with E-state index >= 15 is 0 Å². The summed E-state index contributed by atoms with van der Waals surface area (Å²) >= 11 is 3.41. The Balaban J connectivity index is 2.26.